The summed E-state index contributed by atoms with van der Waals surface area (Å²) in [5, 5.41) is 0. The average Bonchev–Trinajstić information content (AvgIpc) is 2.76. The van der Waals surface area contributed by atoms with Gasteiger partial charge in [0, 0.05) is 56.9 Å². The molecule has 0 radical (unpaired) electrons. The van der Waals surface area contributed by atoms with Crippen molar-refractivity contribution in [2.45, 2.75) is 62.0 Å². The highest BCUT2D eigenvalue weighted by atomic mass is 16.7. The fraction of sp³-hybridized carbons (Fsp3) is 1.00. The molecule has 10 heteroatoms. The SMILES string of the molecule is COCC(OC1OC(COC)C(OC)C(OC)C1OC)C(OC)C(OC)C(C)OC. The first kappa shape index (κ1) is 27.6. The van der Waals surface area contributed by atoms with Crippen LogP contribution in [0.1, 0.15) is 6.92 Å². The molecule has 0 saturated carbocycles. The largest absolute Gasteiger partial charge is 0.382 e. The summed E-state index contributed by atoms with van der Waals surface area (Å²) in [7, 11) is 12.8. The van der Waals surface area contributed by atoms with Gasteiger partial charge in [-0.3, -0.25) is 0 Å². The Morgan fingerprint density at radius 3 is 1.73 bits per heavy atom. The van der Waals surface area contributed by atoms with Gasteiger partial charge < -0.3 is 47.4 Å². The van der Waals surface area contributed by atoms with Crippen molar-refractivity contribution in [1.29, 1.82) is 0 Å². The van der Waals surface area contributed by atoms with Crippen LogP contribution in [0.25, 0.3) is 0 Å². The molecule has 1 saturated heterocycles. The first-order chi connectivity index (χ1) is 14.5. The van der Waals surface area contributed by atoms with Crippen molar-refractivity contribution in [3.63, 3.8) is 0 Å². The van der Waals surface area contributed by atoms with Crippen LogP contribution in [0.15, 0.2) is 0 Å². The minimum Gasteiger partial charge on any atom is -0.382 e. The average molecular weight is 441 g/mol. The summed E-state index contributed by atoms with van der Waals surface area (Å²) in [5.74, 6) is 0. The highest BCUT2D eigenvalue weighted by molar-refractivity contribution is 4.93. The van der Waals surface area contributed by atoms with E-state index in [4.69, 9.17) is 47.4 Å². The summed E-state index contributed by atoms with van der Waals surface area (Å²) >= 11 is 0. The van der Waals surface area contributed by atoms with E-state index >= 15 is 0 Å². The van der Waals surface area contributed by atoms with Gasteiger partial charge in [-0.25, -0.2) is 0 Å². The normalized spacial score (nSPS) is 31.3. The van der Waals surface area contributed by atoms with Gasteiger partial charge in [0.15, 0.2) is 6.29 Å². The van der Waals surface area contributed by atoms with Gasteiger partial charge in [-0.05, 0) is 6.92 Å². The summed E-state index contributed by atoms with van der Waals surface area (Å²) in [5.41, 5.74) is 0. The Hall–Kier alpha value is -0.400. The summed E-state index contributed by atoms with van der Waals surface area (Å²) in [6, 6.07) is 0. The molecule has 1 rings (SSSR count). The Morgan fingerprint density at radius 1 is 0.700 bits per heavy atom. The lowest BCUT2D eigenvalue weighted by Gasteiger charge is -2.46. The molecule has 1 aliphatic rings. The molecule has 9 atom stereocenters. The first-order valence-corrected chi connectivity index (χ1v) is 9.93. The molecule has 1 aliphatic heterocycles. The number of ether oxygens (including phenoxy) is 10. The molecule has 10 nitrogen and oxygen atoms in total. The molecule has 0 aliphatic carbocycles. The minimum absolute atomic E-state index is 0.237. The van der Waals surface area contributed by atoms with Gasteiger partial charge in [-0.1, -0.05) is 0 Å². The zero-order valence-corrected chi connectivity index (χ0v) is 19.7. The molecule has 0 N–H and O–H groups in total. The highest BCUT2D eigenvalue weighted by Gasteiger charge is 2.49. The lowest BCUT2D eigenvalue weighted by molar-refractivity contribution is -0.333. The molecular weight excluding hydrogens is 400 g/mol. The molecule has 0 aromatic carbocycles. The number of methoxy groups -OCH3 is 8. The van der Waals surface area contributed by atoms with Crippen molar-refractivity contribution < 1.29 is 47.4 Å². The van der Waals surface area contributed by atoms with Crippen molar-refractivity contribution in [3.8, 4) is 0 Å². The van der Waals surface area contributed by atoms with E-state index in [0.717, 1.165) is 0 Å². The van der Waals surface area contributed by atoms with E-state index in [9.17, 15) is 0 Å². The molecule has 0 aromatic rings. The van der Waals surface area contributed by atoms with Crippen LogP contribution >= 0.6 is 0 Å². The molecule has 180 valence electrons. The Labute approximate surface area is 180 Å². The lowest BCUT2D eigenvalue weighted by atomic mass is 9.98. The zero-order valence-electron chi connectivity index (χ0n) is 19.7. The fourth-order valence-corrected chi connectivity index (χ4v) is 3.86. The monoisotopic (exact) mass is 440 g/mol. The molecule has 1 heterocycles. The van der Waals surface area contributed by atoms with Gasteiger partial charge >= 0.3 is 0 Å². The van der Waals surface area contributed by atoms with Crippen LogP contribution in [0.2, 0.25) is 0 Å². The van der Waals surface area contributed by atoms with E-state index in [1.807, 2.05) is 6.92 Å². The van der Waals surface area contributed by atoms with Gasteiger partial charge in [-0.15, -0.1) is 0 Å². The minimum atomic E-state index is -0.778. The van der Waals surface area contributed by atoms with Gasteiger partial charge in [0.25, 0.3) is 0 Å². The molecule has 1 fully saturated rings. The summed E-state index contributed by atoms with van der Waals surface area (Å²) in [6.07, 6.45) is -4.23. The van der Waals surface area contributed by atoms with Crippen molar-refractivity contribution in [1.82, 2.24) is 0 Å². The van der Waals surface area contributed by atoms with E-state index in [-0.39, 0.29) is 18.8 Å². The summed E-state index contributed by atoms with van der Waals surface area (Å²) in [4.78, 5) is 0. The molecule has 9 unspecified atom stereocenters. The van der Waals surface area contributed by atoms with Gasteiger partial charge in [0.05, 0.1) is 19.3 Å². The molecule has 0 amide bonds. The van der Waals surface area contributed by atoms with Crippen LogP contribution in [0.5, 0.6) is 0 Å². The predicted octanol–water partition coefficient (Wildman–Crippen LogP) is 0.499. The van der Waals surface area contributed by atoms with Crippen LogP contribution in [-0.2, 0) is 47.4 Å². The van der Waals surface area contributed by atoms with Crippen LogP contribution in [0.4, 0.5) is 0 Å². The zero-order chi connectivity index (χ0) is 22.7. The van der Waals surface area contributed by atoms with E-state index < -0.39 is 42.9 Å². The summed E-state index contributed by atoms with van der Waals surface area (Å²) in [6.45, 7) is 2.45. The Morgan fingerprint density at radius 2 is 1.30 bits per heavy atom. The standard InChI is InChI=1S/C20H40O10/c1-12(23-4)15(24-5)16(25-6)13(10-21-2)29-20-19(28-9)18(27-8)17(26-7)14(30-20)11-22-3/h12-20H,10-11H2,1-9H3. The van der Waals surface area contributed by atoms with Gasteiger partial charge in [0.1, 0.15) is 42.7 Å². The van der Waals surface area contributed by atoms with Crippen LogP contribution < -0.4 is 0 Å². The van der Waals surface area contributed by atoms with Gasteiger partial charge in [-0.2, -0.15) is 0 Å². The molecule has 0 spiro atoms. The Kier molecular flexibility index (Phi) is 13.5. The van der Waals surface area contributed by atoms with Crippen molar-refractivity contribution in [2.75, 3.05) is 70.1 Å². The van der Waals surface area contributed by atoms with Crippen LogP contribution in [0.3, 0.4) is 0 Å². The second-order valence-electron chi connectivity index (χ2n) is 7.07. The fourth-order valence-electron chi connectivity index (χ4n) is 3.86. The third kappa shape index (κ3) is 6.80. The lowest BCUT2D eigenvalue weighted by Crippen LogP contribution is -2.62. The second-order valence-corrected chi connectivity index (χ2v) is 7.07. The van der Waals surface area contributed by atoms with Crippen molar-refractivity contribution in [2.24, 2.45) is 0 Å². The smallest absolute Gasteiger partial charge is 0.187 e. The van der Waals surface area contributed by atoms with E-state index in [2.05, 4.69) is 0 Å². The Bertz CT molecular complexity index is 440. The maximum atomic E-state index is 6.34. The van der Waals surface area contributed by atoms with E-state index in [1.54, 1.807) is 56.9 Å². The molecular formula is C20H40O10. The first-order valence-electron chi connectivity index (χ1n) is 9.93. The van der Waals surface area contributed by atoms with Crippen LogP contribution in [-0.4, -0.2) is 125 Å². The quantitative estimate of drug-likeness (QED) is 0.358. The van der Waals surface area contributed by atoms with Gasteiger partial charge in [0.2, 0.25) is 0 Å². The third-order valence-electron chi connectivity index (χ3n) is 5.45. The van der Waals surface area contributed by atoms with Crippen molar-refractivity contribution in [3.05, 3.63) is 0 Å². The summed E-state index contributed by atoms with van der Waals surface area (Å²) < 4.78 is 57.0. The molecule has 0 aromatic heterocycles. The second kappa shape index (κ2) is 14.6. The number of rotatable bonds is 15. The Balaban J connectivity index is 3.15. The molecule has 0 bridgehead atoms. The maximum Gasteiger partial charge on any atom is 0.187 e. The predicted molar refractivity (Wildman–Crippen MR) is 108 cm³/mol. The number of hydrogen-bond donors (Lipinski definition) is 0. The third-order valence-corrected chi connectivity index (χ3v) is 5.45. The van der Waals surface area contributed by atoms with Crippen LogP contribution in [0, 0.1) is 0 Å². The van der Waals surface area contributed by atoms with E-state index in [0.29, 0.717) is 6.61 Å². The van der Waals surface area contributed by atoms with Crippen molar-refractivity contribution >= 4 is 0 Å². The topological polar surface area (TPSA) is 92.3 Å². The van der Waals surface area contributed by atoms with E-state index in [1.165, 1.54) is 0 Å². The maximum absolute atomic E-state index is 6.34. The highest BCUT2D eigenvalue weighted by Crippen LogP contribution is 2.30. The number of hydrogen-bond acceptors (Lipinski definition) is 10. The molecule has 30 heavy (non-hydrogen) atoms.